The lowest BCUT2D eigenvalue weighted by Crippen LogP contribution is -2.58. The molecule has 4 bridgehead atoms. The highest BCUT2D eigenvalue weighted by atomic mass is 16.5. The Hall–Kier alpha value is -1.14. The average Bonchev–Trinajstić information content (AvgIpc) is 2.42. The summed E-state index contributed by atoms with van der Waals surface area (Å²) < 4.78 is 10.1. The van der Waals surface area contributed by atoms with Crippen molar-refractivity contribution in [3.8, 4) is 0 Å². The van der Waals surface area contributed by atoms with Crippen molar-refractivity contribution in [2.45, 2.75) is 44.1 Å². The van der Waals surface area contributed by atoms with E-state index in [9.17, 15) is 14.7 Å². The van der Waals surface area contributed by atoms with Crippen LogP contribution in [0, 0.1) is 17.3 Å². The van der Waals surface area contributed by atoms with E-state index in [0.29, 0.717) is 31.4 Å². The number of methoxy groups -OCH3 is 1. The zero-order valence-electron chi connectivity index (χ0n) is 13.1. The van der Waals surface area contributed by atoms with Crippen molar-refractivity contribution in [3.63, 3.8) is 0 Å². The third-order valence-corrected chi connectivity index (χ3v) is 5.43. The Kier molecular flexibility index (Phi) is 4.16. The van der Waals surface area contributed by atoms with Gasteiger partial charge in [0.1, 0.15) is 0 Å². The fourth-order valence-corrected chi connectivity index (χ4v) is 5.08. The molecule has 0 radical (unpaired) electrons. The number of rotatable bonds is 6. The molecule has 4 rings (SSSR count). The predicted molar refractivity (Wildman–Crippen MR) is 77.9 cm³/mol. The zero-order chi connectivity index (χ0) is 15.8. The number of hydrogen-bond donors (Lipinski definition) is 2. The van der Waals surface area contributed by atoms with Crippen molar-refractivity contribution in [2.24, 2.45) is 17.3 Å². The molecule has 2 unspecified atom stereocenters. The Labute approximate surface area is 130 Å². The average molecular weight is 311 g/mol. The Morgan fingerprint density at radius 3 is 2.50 bits per heavy atom. The van der Waals surface area contributed by atoms with Crippen LogP contribution in [0.15, 0.2) is 0 Å². The molecule has 0 heterocycles. The molecule has 0 aromatic heterocycles. The smallest absolute Gasteiger partial charge is 0.312 e. The quantitative estimate of drug-likeness (QED) is 0.555. The van der Waals surface area contributed by atoms with Crippen LogP contribution in [0.5, 0.6) is 0 Å². The molecule has 0 aromatic carbocycles. The van der Waals surface area contributed by atoms with Gasteiger partial charge in [-0.3, -0.25) is 9.59 Å². The Balaban J connectivity index is 1.55. The van der Waals surface area contributed by atoms with Gasteiger partial charge in [-0.15, -0.1) is 0 Å². The second-order valence-electron chi connectivity index (χ2n) is 7.38. The summed E-state index contributed by atoms with van der Waals surface area (Å²) >= 11 is 0. The zero-order valence-corrected chi connectivity index (χ0v) is 13.1. The van der Waals surface area contributed by atoms with Gasteiger partial charge in [0.05, 0.1) is 17.6 Å². The highest BCUT2D eigenvalue weighted by Gasteiger charge is 2.60. The van der Waals surface area contributed by atoms with E-state index in [-0.39, 0.29) is 18.5 Å². The van der Waals surface area contributed by atoms with E-state index >= 15 is 0 Å². The molecule has 4 fully saturated rings. The first-order chi connectivity index (χ1) is 10.4. The molecule has 6 nitrogen and oxygen atoms in total. The summed E-state index contributed by atoms with van der Waals surface area (Å²) in [5.74, 6) is 0.236. The van der Waals surface area contributed by atoms with Gasteiger partial charge < -0.3 is 19.9 Å². The second-order valence-corrected chi connectivity index (χ2v) is 7.38. The van der Waals surface area contributed by atoms with Gasteiger partial charge in [0, 0.05) is 13.7 Å². The molecule has 1 amide bonds. The first-order valence-electron chi connectivity index (χ1n) is 8.10. The summed E-state index contributed by atoms with van der Waals surface area (Å²) in [7, 11) is 1.56. The number of esters is 1. The van der Waals surface area contributed by atoms with E-state index < -0.39 is 11.0 Å². The SMILES string of the molecule is COCCNC(=O)COC(=O)C12C[C@@H]3C[C@@H](CC(O)(C3)C1)C2. The number of ether oxygens (including phenoxy) is 2. The van der Waals surface area contributed by atoms with Crippen molar-refractivity contribution in [1.82, 2.24) is 5.32 Å². The topological polar surface area (TPSA) is 84.9 Å². The first kappa shape index (κ1) is 15.7. The molecule has 0 spiro atoms. The van der Waals surface area contributed by atoms with Gasteiger partial charge >= 0.3 is 5.97 Å². The number of aliphatic hydroxyl groups is 1. The van der Waals surface area contributed by atoms with E-state index in [2.05, 4.69) is 5.32 Å². The second kappa shape index (κ2) is 5.81. The molecular weight excluding hydrogens is 286 g/mol. The van der Waals surface area contributed by atoms with Crippen molar-refractivity contribution in [3.05, 3.63) is 0 Å². The van der Waals surface area contributed by atoms with E-state index in [1.54, 1.807) is 7.11 Å². The number of hydrogen-bond acceptors (Lipinski definition) is 5. The van der Waals surface area contributed by atoms with Gasteiger partial charge in [-0.25, -0.2) is 0 Å². The molecule has 4 saturated carbocycles. The Bertz CT molecular complexity index is 449. The number of nitrogens with one attached hydrogen (secondary N) is 1. The van der Waals surface area contributed by atoms with E-state index in [1.165, 1.54) is 0 Å². The van der Waals surface area contributed by atoms with Crippen LogP contribution in [-0.4, -0.2) is 49.5 Å². The van der Waals surface area contributed by atoms with Gasteiger partial charge in [0.2, 0.25) is 0 Å². The number of carbonyl (C=O) groups is 2. The third-order valence-electron chi connectivity index (χ3n) is 5.43. The molecule has 124 valence electrons. The van der Waals surface area contributed by atoms with Crippen LogP contribution in [0.25, 0.3) is 0 Å². The monoisotopic (exact) mass is 311 g/mol. The molecule has 0 aliphatic heterocycles. The Morgan fingerprint density at radius 1 is 1.23 bits per heavy atom. The van der Waals surface area contributed by atoms with Crippen LogP contribution in [0.4, 0.5) is 0 Å². The van der Waals surface area contributed by atoms with Gasteiger partial charge in [-0.1, -0.05) is 0 Å². The lowest BCUT2D eigenvalue weighted by atomic mass is 9.48. The molecule has 2 N–H and O–H groups in total. The van der Waals surface area contributed by atoms with Crippen LogP contribution >= 0.6 is 0 Å². The lowest BCUT2D eigenvalue weighted by Gasteiger charge is -2.58. The van der Waals surface area contributed by atoms with Gasteiger partial charge in [0.25, 0.3) is 5.91 Å². The van der Waals surface area contributed by atoms with Crippen molar-refractivity contribution in [1.29, 1.82) is 0 Å². The standard InChI is InChI=1S/C16H25NO5/c1-21-3-2-17-13(18)9-22-14(19)15-5-11-4-12(6-15)8-16(20,7-11)10-15/h11-12,20H,2-10H2,1H3,(H,17,18)/t11-,12+,15?,16?. The highest BCUT2D eigenvalue weighted by molar-refractivity contribution is 5.83. The first-order valence-corrected chi connectivity index (χ1v) is 8.10. The summed E-state index contributed by atoms with van der Waals surface area (Å²) in [6.07, 6.45) is 4.85. The summed E-state index contributed by atoms with van der Waals surface area (Å²) in [5.41, 5.74) is -1.25. The van der Waals surface area contributed by atoms with E-state index in [0.717, 1.165) is 32.1 Å². The summed E-state index contributed by atoms with van der Waals surface area (Å²) in [6, 6.07) is 0. The minimum Gasteiger partial charge on any atom is -0.455 e. The molecule has 4 aliphatic rings. The van der Waals surface area contributed by atoms with Crippen molar-refractivity contribution >= 4 is 11.9 Å². The largest absolute Gasteiger partial charge is 0.455 e. The molecular formula is C16H25NO5. The molecule has 4 atom stereocenters. The molecule has 0 aromatic rings. The number of amides is 1. The van der Waals surface area contributed by atoms with E-state index in [4.69, 9.17) is 9.47 Å². The van der Waals surface area contributed by atoms with Crippen molar-refractivity contribution < 1.29 is 24.2 Å². The van der Waals surface area contributed by atoms with Gasteiger partial charge in [0.15, 0.2) is 6.61 Å². The Morgan fingerprint density at radius 2 is 1.91 bits per heavy atom. The highest BCUT2D eigenvalue weighted by Crippen LogP contribution is 2.61. The molecule has 6 heteroatoms. The van der Waals surface area contributed by atoms with Gasteiger partial charge in [-0.05, 0) is 50.4 Å². The van der Waals surface area contributed by atoms with Crippen LogP contribution in [0.2, 0.25) is 0 Å². The minimum atomic E-state index is -0.691. The normalized spacial score (nSPS) is 38.8. The predicted octanol–water partition coefficient (Wildman–Crippen LogP) is 0.623. The minimum absolute atomic E-state index is 0.252. The fraction of sp³-hybridized carbons (Fsp3) is 0.875. The van der Waals surface area contributed by atoms with Crippen LogP contribution in [0.3, 0.4) is 0 Å². The lowest BCUT2D eigenvalue weighted by molar-refractivity contribution is -0.196. The van der Waals surface area contributed by atoms with Crippen LogP contribution in [-0.2, 0) is 19.1 Å². The fourth-order valence-electron chi connectivity index (χ4n) is 5.08. The summed E-state index contributed by atoms with van der Waals surface area (Å²) in [5, 5.41) is 13.3. The van der Waals surface area contributed by atoms with Crippen LogP contribution < -0.4 is 5.32 Å². The summed E-state index contributed by atoms with van der Waals surface area (Å²) in [4.78, 5) is 24.2. The number of carbonyl (C=O) groups excluding carboxylic acids is 2. The maximum atomic E-state index is 12.5. The van der Waals surface area contributed by atoms with Gasteiger partial charge in [-0.2, -0.15) is 0 Å². The van der Waals surface area contributed by atoms with Crippen molar-refractivity contribution in [2.75, 3.05) is 26.9 Å². The molecule has 0 saturated heterocycles. The summed E-state index contributed by atoms with van der Waals surface area (Å²) in [6.45, 7) is 0.583. The molecule has 4 aliphatic carbocycles. The van der Waals surface area contributed by atoms with Crippen LogP contribution in [0.1, 0.15) is 38.5 Å². The van der Waals surface area contributed by atoms with E-state index in [1.807, 2.05) is 0 Å². The third kappa shape index (κ3) is 2.99. The maximum Gasteiger partial charge on any atom is 0.312 e. The maximum absolute atomic E-state index is 12.5. The molecule has 22 heavy (non-hydrogen) atoms.